The van der Waals surface area contributed by atoms with Crippen molar-refractivity contribution in [3.8, 4) is 0 Å². The van der Waals surface area contributed by atoms with Crippen LogP contribution in [0.5, 0.6) is 0 Å². The molecule has 13 heavy (non-hydrogen) atoms. The van der Waals surface area contributed by atoms with E-state index in [2.05, 4.69) is 11.9 Å². The smallest absolute Gasteiger partial charge is 0.405 e. The van der Waals surface area contributed by atoms with Crippen LogP contribution in [0.2, 0.25) is 0 Å². The highest BCUT2D eigenvalue weighted by Gasteiger charge is 2.12. The zero-order chi connectivity index (χ0) is 9.68. The number of carbonyl (C=O) groups is 1. The Labute approximate surface area is 76.8 Å². The van der Waals surface area contributed by atoms with Gasteiger partial charge in [0.05, 0.1) is 6.04 Å². The largest absolute Gasteiger partial charge is 0.465 e. The number of hydrogen-bond donors (Lipinski definition) is 2. The molecule has 0 aromatic rings. The van der Waals surface area contributed by atoms with Crippen molar-refractivity contribution in [2.24, 2.45) is 0 Å². The third kappa shape index (κ3) is 2.63. The summed E-state index contributed by atoms with van der Waals surface area (Å²) >= 11 is 0. The number of rotatable bonds is 2. The van der Waals surface area contributed by atoms with Crippen molar-refractivity contribution in [2.45, 2.75) is 6.04 Å². The molecule has 1 rings (SSSR count). The molecule has 3 nitrogen and oxygen atoms in total. The van der Waals surface area contributed by atoms with E-state index in [-0.39, 0.29) is 6.04 Å². The van der Waals surface area contributed by atoms with Crippen LogP contribution in [0.1, 0.15) is 0 Å². The fourth-order valence-corrected chi connectivity index (χ4v) is 1.12. The SMILES string of the molecule is C=CC=C1C=CC=CC1NC(=O)O. The maximum atomic E-state index is 10.4. The van der Waals surface area contributed by atoms with Crippen molar-refractivity contribution < 1.29 is 9.90 Å². The summed E-state index contributed by atoms with van der Waals surface area (Å²) in [6, 6.07) is -0.263. The zero-order valence-electron chi connectivity index (χ0n) is 7.10. The summed E-state index contributed by atoms with van der Waals surface area (Å²) in [5.74, 6) is 0. The van der Waals surface area contributed by atoms with E-state index < -0.39 is 6.09 Å². The second-order valence-corrected chi connectivity index (χ2v) is 2.57. The van der Waals surface area contributed by atoms with Crippen LogP contribution < -0.4 is 5.32 Å². The summed E-state index contributed by atoms with van der Waals surface area (Å²) in [6.45, 7) is 3.56. The van der Waals surface area contributed by atoms with Crippen LogP contribution in [-0.2, 0) is 0 Å². The number of carboxylic acid groups (broad SMARTS) is 1. The first-order valence-electron chi connectivity index (χ1n) is 3.91. The van der Waals surface area contributed by atoms with Crippen molar-refractivity contribution in [3.63, 3.8) is 0 Å². The fourth-order valence-electron chi connectivity index (χ4n) is 1.12. The van der Waals surface area contributed by atoms with Gasteiger partial charge in [-0.15, -0.1) is 0 Å². The standard InChI is InChI=1S/C10H11NO2/c1-2-5-8-6-3-4-7-9(8)11-10(12)13/h2-7,9,11H,1H2,(H,12,13). The van der Waals surface area contributed by atoms with E-state index in [1.807, 2.05) is 12.2 Å². The molecule has 0 saturated carbocycles. The Morgan fingerprint density at radius 3 is 3.00 bits per heavy atom. The molecule has 0 bridgehead atoms. The molecule has 0 radical (unpaired) electrons. The summed E-state index contributed by atoms with van der Waals surface area (Å²) in [7, 11) is 0. The lowest BCUT2D eigenvalue weighted by atomic mass is 10.0. The minimum absolute atomic E-state index is 0.263. The highest BCUT2D eigenvalue weighted by molar-refractivity contribution is 5.66. The molecule has 0 spiro atoms. The van der Waals surface area contributed by atoms with Gasteiger partial charge in [-0.1, -0.05) is 43.0 Å². The van der Waals surface area contributed by atoms with Crippen molar-refractivity contribution in [2.75, 3.05) is 0 Å². The van der Waals surface area contributed by atoms with Gasteiger partial charge in [-0.05, 0) is 5.57 Å². The van der Waals surface area contributed by atoms with Crippen LogP contribution in [0.25, 0.3) is 0 Å². The number of amides is 1. The van der Waals surface area contributed by atoms with Crippen molar-refractivity contribution >= 4 is 6.09 Å². The Morgan fingerprint density at radius 2 is 2.38 bits per heavy atom. The molecule has 0 fully saturated rings. The summed E-state index contributed by atoms with van der Waals surface area (Å²) in [5, 5.41) is 10.9. The predicted molar refractivity (Wildman–Crippen MR) is 51.5 cm³/mol. The number of allylic oxidation sites excluding steroid dienone is 4. The van der Waals surface area contributed by atoms with Crippen LogP contribution in [-0.4, -0.2) is 17.2 Å². The molecule has 1 aliphatic carbocycles. The zero-order valence-corrected chi connectivity index (χ0v) is 7.10. The first-order chi connectivity index (χ1) is 6.24. The fraction of sp³-hybridized carbons (Fsp3) is 0.100. The van der Waals surface area contributed by atoms with Crippen LogP contribution >= 0.6 is 0 Å². The van der Waals surface area contributed by atoms with Gasteiger partial charge < -0.3 is 10.4 Å². The monoisotopic (exact) mass is 177 g/mol. The first kappa shape index (κ1) is 9.32. The van der Waals surface area contributed by atoms with Crippen molar-refractivity contribution in [3.05, 3.63) is 48.6 Å². The van der Waals surface area contributed by atoms with Crippen molar-refractivity contribution in [1.82, 2.24) is 5.32 Å². The summed E-state index contributed by atoms with van der Waals surface area (Å²) < 4.78 is 0. The lowest BCUT2D eigenvalue weighted by Crippen LogP contribution is -2.33. The van der Waals surface area contributed by atoms with Crippen LogP contribution in [0, 0.1) is 0 Å². The molecule has 1 amide bonds. The molecule has 1 unspecified atom stereocenters. The Kier molecular flexibility index (Phi) is 3.09. The van der Waals surface area contributed by atoms with Crippen LogP contribution in [0.3, 0.4) is 0 Å². The van der Waals surface area contributed by atoms with Gasteiger partial charge >= 0.3 is 6.09 Å². The predicted octanol–water partition coefficient (Wildman–Crippen LogP) is 1.86. The molecular formula is C10H11NO2. The third-order valence-corrected chi connectivity index (χ3v) is 1.65. The second kappa shape index (κ2) is 4.30. The van der Waals surface area contributed by atoms with E-state index in [0.29, 0.717) is 0 Å². The molecule has 0 aromatic carbocycles. The average Bonchev–Trinajstić information content (AvgIpc) is 2.08. The Morgan fingerprint density at radius 1 is 1.62 bits per heavy atom. The lowest BCUT2D eigenvalue weighted by Gasteiger charge is -2.15. The van der Waals surface area contributed by atoms with Gasteiger partial charge in [-0.3, -0.25) is 0 Å². The molecule has 0 aliphatic heterocycles. The van der Waals surface area contributed by atoms with Gasteiger partial charge in [0.25, 0.3) is 0 Å². The summed E-state index contributed by atoms with van der Waals surface area (Å²) in [6.07, 6.45) is 9.68. The lowest BCUT2D eigenvalue weighted by molar-refractivity contribution is 0.193. The van der Waals surface area contributed by atoms with E-state index in [0.717, 1.165) is 5.57 Å². The molecule has 1 atom stereocenters. The minimum atomic E-state index is -1.03. The van der Waals surface area contributed by atoms with Crippen LogP contribution in [0.4, 0.5) is 4.79 Å². The van der Waals surface area contributed by atoms with E-state index in [4.69, 9.17) is 5.11 Å². The molecule has 1 aliphatic rings. The van der Waals surface area contributed by atoms with E-state index in [1.54, 1.807) is 24.3 Å². The quantitative estimate of drug-likeness (QED) is 0.676. The van der Waals surface area contributed by atoms with Gasteiger partial charge in [0.2, 0.25) is 0 Å². The summed E-state index contributed by atoms with van der Waals surface area (Å²) in [4.78, 5) is 10.4. The van der Waals surface area contributed by atoms with Gasteiger partial charge in [0, 0.05) is 0 Å². The molecule has 3 heteroatoms. The maximum Gasteiger partial charge on any atom is 0.405 e. The van der Waals surface area contributed by atoms with Gasteiger partial charge in [0.1, 0.15) is 0 Å². The second-order valence-electron chi connectivity index (χ2n) is 2.57. The molecule has 0 aromatic heterocycles. The van der Waals surface area contributed by atoms with E-state index in [9.17, 15) is 4.79 Å². The Bertz CT molecular complexity index is 300. The first-order valence-corrected chi connectivity index (χ1v) is 3.91. The van der Waals surface area contributed by atoms with Crippen LogP contribution in [0.15, 0.2) is 48.6 Å². The minimum Gasteiger partial charge on any atom is -0.465 e. The average molecular weight is 177 g/mol. The molecule has 68 valence electrons. The molecule has 2 N–H and O–H groups in total. The highest BCUT2D eigenvalue weighted by atomic mass is 16.4. The van der Waals surface area contributed by atoms with Gasteiger partial charge in [0.15, 0.2) is 0 Å². The topological polar surface area (TPSA) is 49.3 Å². The maximum absolute atomic E-state index is 10.4. The molecular weight excluding hydrogens is 166 g/mol. The highest BCUT2D eigenvalue weighted by Crippen LogP contribution is 2.11. The Balaban J connectivity index is 2.76. The molecule has 0 saturated heterocycles. The summed E-state index contributed by atoms with van der Waals surface area (Å²) in [5.41, 5.74) is 0.889. The van der Waals surface area contributed by atoms with Gasteiger partial charge in [-0.25, -0.2) is 4.79 Å². The van der Waals surface area contributed by atoms with Gasteiger partial charge in [-0.2, -0.15) is 0 Å². The third-order valence-electron chi connectivity index (χ3n) is 1.65. The van der Waals surface area contributed by atoms with Crippen molar-refractivity contribution in [1.29, 1.82) is 0 Å². The van der Waals surface area contributed by atoms with E-state index in [1.165, 1.54) is 0 Å². The Hall–Kier alpha value is -1.77. The normalized spacial score (nSPS) is 23.1. The number of hydrogen-bond acceptors (Lipinski definition) is 1. The molecule has 0 heterocycles. The number of nitrogens with one attached hydrogen (secondary N) is 1. The van der Waals surface area contributed by atoms with E-state index >= 15 is 0 Å².